The first-order valence-corrected chi connectivity index (χ1v) is 15.8. The molecule has 0 radical (unpaired) electrons. The number of hydrogen-bond acceptors (Lipinski definition) is 6. The molecule has 2 aromatic carbocycles. The lowest BCUT2D eigenvalue weighted by Crippen LogP contribution is -2.44. The SMILES string of the molecule is CCOc1cc(C2C3=C(CC(C)(C)CC3=O)N(CC)C3=C2C(=O)CC(C)(C)C3)ccc1OCC(=O)Nc1ccc(C)c(C)c1. The van der Waals surface area contributed by atoms with Crippen LogP contribution >= 0.6 is 0 Å². The maximum atomic E-state index is 13.9. The lowest BCUT2D eigenvalue weighted by Gasteiger charge is -2.48. The molecule has 2 aromatic rings. The summed E-state index contributed by atoms with van der Waals surface area (Å²) in [7, 11) is 0. The predicted molar refractivity (Wildman–Crippen MR) is 173 cm³/mol. The molecule has 0 spiro atoms. The number of carbonyl (C=O) groups is 3. The van der Waals surface area contributed by atoms with Crippen LogP contribution in [-0.4, -0.2) is 42.1 Å². The molecule has 0 atom stereocenters. The Balaban J connectivity index is 1.51. The van der Waals surface area contributed by atoms with Crippen LogP contribution < -0.4 is 14.8 Å². The van der Waals surface area contributed by atoms with E-state index in [0.717, 1.165) is 52.1 Å². The van der Waals surface area contributed by atoms with Crippen molar-refractivity contribution in [2.45, 2.75) is 87.0 Å². The number of allylic oxidation sites excluding steroid dienone is 4. The van der Waals surface area contributed by atoms with Crippen molar-refractivity contribution in [3.8, 4) is 11.5 Å². The van der Waals surface area contributed by atoms with Gasteiger partial charge in [0.2, 0.25) is 0 Å². The molecule has 234 valence electrons. The van der Waals surface area contributed by atoms with E-state index in [4.69, 9.17) is 9.47 Å². The maximum absolute atomic E-state index is 13.9. The third-order valence-corrected chi connectivity index (χ3v) is 9.09. The van der Waals surface area contributed by atoms with Gasteiger partial charge in [0, 0.05) is 53.5 Å². The van der Waals surface area contributed by atoms with Crippen molar-refractivity contribution >= 4 is 23.2 Å². The van der Waals surface area contributed by atoms with E-state index in [9.17, 15) is 14.4 Å². The molecule has 0 saturated carbocycles. The van der Waals surface area contributed by atoms with Crippen molar-refractivity contribution < 1.29 is 23.9 Å². The first-order chi connectivity index (χ1) is 20.7. The van der Waals surface area contributed by atoms with Crippen LogP contribution in [0.1, 0.15) is 89.8 Å². The van der Waals surface area contributed by atoms with Gasteiger partial charge in [-0.3, -0.25) is 14.4 Å². The largest absolute Gasteiger partial charge is 0.490 e. The summed E-state index contributed by atoms with van der Waals surface area (Å²) in [6.07, 6.45) is 2.44. The number of carbonyl (C=O) groups excluding carboxylic acids is 3. The molecule has 44 heavy (non-hydrogen) atoms. The van der Waals surface area contributed by atoms with Gasteiger partial charge < -0.3 is 19.7 Å². The topological polar surface area (TPSA) is 84.9 Å². The van der Waals surface area contributed by atoms with Gasteiger partial charge >= 0.3 is 0 Å². The van der Waals surface area contributed by atoms with Gasteiger partial charge in [-0.05, 0) is 92.3 Å². The highest BCUT2D eigenvalue weighted by molar-refractivity contribution is 6.06. The Hall–Kier alpha value is -3.87. The van der Waals surface area contributed by atoms with Crippen molar-refractivity contribution in [3.63, 3.8) is 0 Å². The molecule has 5 rings (SSSR count). The third kappa shape index (κ3) is 6.19. The standard InChI is InChI=1S/C37H46N2O5/c1-9-39-26-17-36(5,6)19-28(40)34(26)33(35-27(39)18-37(7,8)20-29(35)41)24-12-14-30(31(16-24)43-10-2)44-21-32(42)38-25-13-11-22(3)23(4)15-25/h11-16,33H,9-10,17-21H2,1-8H3,(H,38,42). The fourth-order valence-electron chi connectivity index (χ4n) is 7.01. The molecule has 7 nitrogen and oxygen atoms in total. The van der Waals surface area contributed by atoms with Crippen molar-refractivity contribution in [1.29, 1.82) is 0 Å². The molecule has 1 aliphatic heterocycles. The number of Topliss-reactive ketones (excluding diaryl/α,β-unsaturated/α-hetero) is 2. The highest BCUT2D eigenvalue weighted by atomic mass is 16.5. The van der Waals surface area contributed by atoms with E-state index in [1.54, 1.807) is 6.07 Å². The van der Waals surface area contributed by atoms with E-state index in [-0.39, 0.29) is 34.9 Å². The van der Waals surface area contributed by atoms with Crippen molar-refractivity contribution in [1.82, 2.24) is 4.90 Å². The molecule has 0 bridgehead atoms. The number of anilines is 1. The van der Waals surface area contributed by atoms with Crippen LogP contribution in [0.3, 0.4) is 0 Å². The van der Waals surface area contributed by atoms with Crippen LogP contribution in [0.25, 0.3) is 0 Å². The normalized spacial score (nSPS) is 19.5. The molecule has 1 heterocycles. The molecule has 0 aromatic heterocycles. The maximum Gasteiger partial charge on any atom is 0.262 e. The van der Waals surface area contributed by atoms with Gasteiger partial charge in [0.05, 0.1) is 6.61 Å². The van der Waals surface area contributed by atoms with Gasteiger partial charge in [-0.2, -0.15) is 0 Å². The van der Waals surface area contributed by atoms with E-state index in [1.807, 2.05) is 51.1 Å². The van der Waals surface area contributed by atoms with Gasteiger partial charge in [0.15, 0.2) is 29.7 Å². The minimum Gasteiger partial charge on any atom is -0.490 e. The van der Waals surface area contributed by atoms with E-state index in [1.165, 1.54) is 0 Å². The second-order valence-electron chi connectivity index (χ2n) is 14.1. The first kappa shape index (κ1) is 31.6. The van der Waals surface area contributed by atoms with Crippen molar-refractivity contribution in [3.05, 3.63) is 75.6 Å². The molecule has 0 saturated heterocycles. The minimum atomic E-state index is -0.462. The summed E-state index contributed by atoms with van der Waals surface area (Å²) in [4.78, 5) is 42.9. The van der Waals surface area contributed by atoms with E-state index < -0.39 is 5.92 Å². The Kier molecular flexibility index (Phi) is 8.54. The number of rotatable bonds is 8. The van der Waals surface area contributed by atoms with Crippen LogP contribution in [0.2, 0.25) is 0 Å². The van der Waals surface area contributed by atoms with Crippen molar-refractivity contribution in [2.75, 3.05) is 25.1 Å². The third-order valence-electron chi connectivity index (χ3n) is 9.09. The van der Waals surface area contributed by atoms with Crippen LogP contribution in [0.15, 0.2) is 58.9 Å². The van der Waals surface area contributed by atoms with E-state index in [0.29, 0.717) is 43.2 Å². The summed E-state index contributed by atoms with van der Waals surface area (Å²) in [5.74, 6) is 0.389. The number of nitrogens with zero attached hydrogens (tertiary/aromatic N) is 1. The predicted octanol–water partition coefficient (Wildman–Crippen LogP) is 7.43. The Morgan fingerprint density at radius 1 is 0.818 bits per heavy atom. The zero-order valence-electron chi connectivity index (χ0n) is 27.5. The quantitative estimate of drug-likeness (QED) is 0.340. The molecule has 7 heteroatoms. The smallest absolute Gasteiger partial charge is 0.262 e. The van der Waals surface area contributed by atoms with Gasteiger partial charge in [-0.15, -0.1) is 0 Å². The van der Waals surface area contributed by atoms with Crippen LogP contribution in [-0.2, 0) is 14.4 Å². The Morgan fingerprint density at radius 3 is 1.98 bits per heavy atom. The molecular formula is C37H46N2O5. The Morgan fingerprint density at radius 2 is 1.43 bits per heavy atom. The molecular weight excluding hydrogens is 552 g/mol. The minimum absolute atomic E-state index is 0.102. The summed E-state index contributed by atoms with van der Waals surface area (Å²) in [6, 6.07) is 11.4. The fourth-order valence-corrected chi connectivity index (χ4v) is 7.01. The van der Waals surface area contributed by atoms with Crippen LogP contribution in [0.4, 0.5) is 5.69 Å². The number of benzene rings is 2. The number of ether oxygens (including phenoxy) is 2. The molecule has 0 fully saturated rings. The highest BCUT2D eigenvalue weighted by Gasteiger charge is 2.48. The monoisotopic (exact) mass is 598 g/mol. The Bertz CT molecular complexity index is 1520. The van der Waals surface area contributed by atoms with Gasteiger partial charge in [-0.1, -0.05) is 39.8 Å². The zero-order chi connectivity index (χ0) is 32.0. The fraction of sp³-hybridized carbons (Fsp3) is 0.486. The second kappa shape index (κ2) is 11.9. The Labute approximate surface area is 261 Å². The number of hydrogen-bond donors (Lipinski definition) is 1. The average molecular weight is 599 g/mol. The number of aryl methyl sites for hydroxylation is 2. The first-order valence-electron chi connectivity index (χ1n) is 15.8. The molecule has 2 aliphatic carbocycles. The summed E-state index contributed by atoms with van der Waals surface area (Å²) < 4.78 is 12.0. The van der Waals surface area contributed by atoms with Crippen molar-refractivity contribution in [2.24, 2.45) is 10.8 Å². The van der Waals surface area contributed by atoms with Crippen LogP contribution in [0.5, 0.6) is 11.5 Å². The number of amides is 1. The molecule has 1 amide bonds. The van der Waals surface area contributed by atoms with Crippen LogP contribution in [0, 0.1) is 24.7 Å². The number of ketones is 2. The highest BCUT2D eigenvalue weighted by Crippen LogP contribution is 2.54. The van der Waals surface area contributed by atoms with E-state index >= 15 is 0 Å². The summed E-state index contributed by atoms with van der Waals surface area (Å²) in [5.41, 5.74) is 7.05. The van der Waals surface area contributed by atoms with E-state index in [2.05, 4.69) is 44.8 Å². The zero-order valence-corrected chi connectivity index (χ0v) is 27.5. The molecule has 3 aliphatic rings. The summed E-state index contributed by atoms with van der Waals surface area (Å²) >= 11 is 0. The second-order valence-corrected chi connectivity index (χ2v) is 14.1. The molecule has 1 N–H and O–H groups in total. The average Bonchev–Trinajstić information content (AvgIpc) is 2.92. The molecule has 0 unspecified atom stereocenters. The lowest BCUT2D eigenvalue weighted by atomic mass is 9.63. The summed E-state index contributed by atoms with van der Waals surface area (Å²) in [5, 5.41) is 2.89. The number of nitrogens with one attached hydrogen (secondary N) is 1. The van der Waals surface area contributed by atoms with Gasteiger partial charge in [-0.25, -0.2) is 0 Å². The van der Waals surface area contributed by atoms with Gasteiger partial charge in [0.1, 0.15) is 0 Å². The lowest BCUT2D eigenvalue weighted by molar-refractivity contribution is -0.120. The van der Waals surface area contributed by atoms with Gasteiger partial charge in [0.25, 0.3) is 5.91 Å². The summed E-state index contributed by atoms with van der Waals surface area (Å²) in [6.45, 7) is 17.5.